The number of carbonyl (C=O) groups excluding carboxylic acids is 1. The van der Waals surface area contributed by atoms with E-state index in [1.165, 1.54) is 0 Å². The van der Waals surface area contributed by atoms with Crippen LogP contribution in [0.25, 0.3) is 11.1 Å². The number of rotatable bonds is 3. The zero-order valence-corrected chi connectivity index (χ0v) is 9.63. The first-order valence-corrected chi connectivity index (χ1v) is 5.50. The van der Waals surface area contributed by atoms with Gasteiger partial charge in [-0.2, -0.15) is 5.26 Å². The van der Waals surface area contributed by atoms with Crippen LogP contribution in [-0.2, 0) is 4.79 Å². The Morgan fingerprint density at radius 1 is 0.778 bits per heavy atom. The van der Waals surface area contributed by atoms with Gasteiger partial charge in [0.1, 0.15) is 6.07 Å². The molecule has 0 atom stereocenters. The Bertz CT molecular complexity index is 607. The fourth-order valence-corrected chi connectivity index (χ4v) is 1.73. The smallest absolute Gasteiger partial charge is 0.235 e. The van der Waals surface area contributed by atoms with Crippen LogP contribution in [0.2, 0.25) is 0 Å². The number of hydrogen-bond acceptors (Lipinski definition) is 2. The van der Waals surface area contributed by atoms with Crippen molar-refractivity contribution in [3.63, 3.8) is 0 Å². The summed E-state index contributed by atoms with van der Waals surface area (Å²) in [6, 6.07) is 20.3. The molecule has 85 valence electrons. The lowest BCUT2D eigenvalue weighted by atomic mass is 9.96. The van der Waals surface area contributed by atoms with Gasteiger partial charge in [-0.25, -0.2) is 0 Å². The molecule has 18 heavy (non-hydrogen) atoms. The first-order chi connectivity index (χ1) is 8.86. The quantitative estimate of drug-likeness (QED) is 0.463. The van der Waals surface area contributed by atoms with E-state index in [1.54, 1.807) is 24.3 Å². The van der Waals surface area contributed by atoms with Crippen LogP contribution in [0.15, 0.2) is 60.7 Å². The van der Waals surface area contributed by atoms with Crippen LogP contribution >= 0.6 is 0 Å². The zero-order chi connectivity index (χ0) is 12.8. The van der Waals surface area contributed by atoms with E-state index in [2.05, 4.69) is 6.07 Å². The topological polar surface area (TPSA) is 40.9 Å². The van der Waals surface area contributed by atoms with E-state index in [4.69, 9.17) is 0 Å². The molecule has 0 N–H and O–H groups in total. The molecule has 0 unspecified atom stereocenters. The van der Waals surface area contributed by atoms with Gasteiger partial charge in [-0.3, -0.25) is 4.79 Å². The molecule has 0 spiro atoms. The summed E-state index contributed by atoms with van der Waals surface area (Å²) in [6.07, 6.45) is 1.87. The van der Waals surface area contributed by atoms with E-state index in [0.717, 1.165) is 5.56 Å². The highest BCUT2D eigenvalue weighted by molar-refractivity contribution is 6.20. The standard InChI is InChI=1S/C16H10NO/c17-11-15(13-7-3-1-4-8-13)16(12-18)14-9-5-2-6-10-14/h1-10H. The van der Waals surface area contributed by atoms with E-state index in [0.29, 0.717) is 16.7 Å². The van der Waals surface area contributed by atoms with Crippen LogP contribution in [0.1, 0.15) is 11.1 Å². The average molecular weight is 232 g/mol. The van der Waals surface area contributed by atoms with Crippen molar-refractivity contribution in [2.75, 3.05) is 0 Å². The average Bonchev–Trinajstić information content (AvgIpc) is 2.46. The van der Waals surface area contributed by atoms with Crippen LogP contribution < -0.4 is 0 Å². The minimum atomic E-state index is 0.296. The predicted octanol–water partition coefficient (Wildman–Crippen LogP) is 3.23. The van der Waals surface area contributed by atoms with Crippen LogP contribution in [0.4, 0.5) is 0 Å². The molecular weight excluding hydrogens is 222 g/mol. The summed E-state index contributed by atoms with van der Waals surface area (Å²) in [6.45, 7) is 0. The van der Waals surface area contributed by atoms with Crippen molar-refractivity contribution >= 4 is 17.4 Å². The number of nitriles is 1. The van der Waals surface area contributed by atoms with Gasteiger partial charge in [0, 0.05) is 0 Å². The third-order valence-electron chi connectivity index (χ3n) is 2.59. The van der Waals surface area contributed by atoms with Gasteiger partial charge in [0.25, 0.3) is 0 Å². The lowest BCUT2D eigenvalue weighted by Crippen LogP contribution is -1.92. The summed E-state index contributed by atoms with van der Waals surface area (Å²) in [5.74, 6) is 0. The maximum atomic E-state index is 11.1. The molecule has 2 rings (SSSR count). The Morgan fingerprint density at radius 3 is 1.61 bits per heavy atom. The molecule has 1 radical (unpaired) electrons. The van der Waals surface area contributed by atoms with Gasteiger partial charge in [-0.15, -0.1) is 0 Å². The summed E-state index contributed by atoms with van der Waals surface area (Å²) < 4.78 is 0. The molecule has 0 aliphatic rings. The molecule has 2 nitrogen and oxygen atoms in total. The Hall–Kier alpha value is -2.66. The second kappa shape index (κ2) is 5.60. The van der Waals surface area contributed by atoms with Gasteiger partial charge >= 0.3 is 0 Å². The third kappa shape index (κ3) is 2.36. The fraction of sp³-hybridized carbons (Fsp3) is 0. The highest BCUT2D eigenvalue weighted by Crippen LogP contribution is 2.24. The van der Waals surface area contributed by atoms with E-state index < -0.39 is 0 Å². The Balaban J connectivity index is 2.62. The molecule has 0 heterocycles. The van der Waals surface area contributed by atoms with Crippen LogP contribution in [0.3, 0.4) is 0 Å². The number of nitrogens with zero attached hydrogens (tertiary/aromatic N) is 1. The lowest BCUT2D eigenvalue weighted by molar-refractivity contribution is 0.565. The molecule has 0 aliphatic heterocycles. The van der Waals surface area contributed by atoms with Crippen molar-refractivity contribution < 1.29 is 4.79 Å². The normalized spacial score (nSPS) is 11.3. The zero-order valence-electron chi connectivity index (χ0n) is 9.63. The van der Waals surface area contributed by atoms with E-state index in [1.807, 2.05) is 42.7 Å². The van der Waals surface area contributed by atoms with Gasteiger partial charge in [-0.05, 0) is 11.1 Å². The monoisotopic (exact) mass is 232 g/mol. The predicted molar refractivity (Wildman–Crippen MR) is 71.0 cm³/mol. The van der Waals surface area contributed by atoms with E-state index >= 15 is 0 Å². The Labute approximate surface area is 106 Å². The molecule has 0 saturated carbocycles. The van der Waals surface area contributed by atoms with Crippen LogP contribution in [-0.4, -0.2) is 6.29 Å². The highest BCUT2D eigenvalue weighted by Gasteiger charge is 2.10. The number of benzene rings is 2. The van der Waals surface area contributed by atoms with E-state index in [9.17, 15) is 10.1 Å². The minimum Gasteiger partial charge on any atom is -0.285 e. The Morgan fingerprint density at radius 2 is 1.22 bits per heavy atom. The summed E-state index contributed by atoms with van der Waals surface area (Å²) in [7, 11) is 0. The second-order valence-corrected chi connectivity index (χ2v) is 3.70. The molecule has 0 saturated heterocycles. The number of allylic oxidation sites excluding steroid dienone is 2. The summed E-state index contributed by atoms with van der Waals surface area (Å²) in [4.78, 5) is 11.1. The third-order valence-corrected chi connectivity index (χ3v) is 2.59. The van der Waals surface area contributed by atoms with Crippen molar-refractivity contribution in [1.82, 2.24) is 0 Å². The first kappa shape index (κ1) is 11.8. The first-order valence-electron chi connectivity index (χ1n) is 5.50. The van der Waals surface area contributed by atoms with Crippen molar-refractivity contribution in [3.05, 3.63) is 71.8 Å². The molecule has 0 fully saturated rings. The summed E-state index contributed by atoms with van der Waals surface area (Å²) >= 11 is 0. The molecular formula is C16H10NO. The van der Waals surface area contributed by atoms with Gasteiger partial charge < -0.3 is 0 Å². The van der Waals surface area contributed by atoms with Crippen molar-refractivity contribution in [1.29, 1.82) is 5.26 Å². The second-order valence-electron chi connectivity index (χ2n) is 3.70. The fourth-order valence-electron chi connectivity index (χ4n) is 1.73. The number of hydrogen-bond donors (Lipinski definition) is 0. The molecule has 0 bridgehead atoms. The van der Waals surface area contributed by atoms with Gasteiger partial charge in [-0.1, -0.05) is 60.7 Å². The van der Waals surface area contributed by atoms with Crippen molar-refractivity contribution in [3.8, 4) is 6.07 Å². The molecule has 2 heteroatoms. The summed E-state index contributed by atoms with van der Waals surface area (Å²) in [5, 5.41) is 9.26. The molecule has 2 aromatic rings. The summed E-state index contributed by atoms with van der Waals surface area (Å²) in [5.41, 5.74) is 2.07. The van der Waals surface area contributed by atoms with Crippen molar-refractivity contribution in [2.45, 2.75) is 0 Å². The molecule has 0 aromatic heterocycles. The maximum Gasteiger partial charge on any atom is 0.235 e. The Kier molecular flexibility index (Phi) is 3.68. The van der Waals surface area contributed by atoms with Crippen LogP contribution in [0, 0.1) is 11.3 Å². The van der Waals surface area contributed by atoms with E-state index in [-0.39, 0.29) is 0 Å². The SMILES string of the molecule is N#CC(=C([C]=O)c1ccccc1)c1ccccc1. The van der Waals surface area contributed by atoms with Gasteiger partial charge in [0.05, 0.1) is 11.1 Å². The minimum absolute atomic E-state index is 0.296. The molecule has 0 aliphatic carbocycles. The highest BCUT2D eigenvalue weighted by atomic mass is 16.1. The lowest BCUT2D eigenvalue weighted by Gasteiger charge is -2.04. The van der Waals surface area contributed by atoms with Gasteiger partial charge in [0.2, 0.25) is 6.29 Å². The van der Waals surface area contributed by atoms with Crippen molar-refractivity contribution in [2.24, 2.45) is 0 Å². The van der Waals surface area contributed by atoms with Crippen LogP contribution in [0.5, 0.6) is 0 Å². The van der Waals surface area contributed by atoms with Gasteiger partial charge in [0.15, 0.2) is 0 Å². The molecule has 2 aromatic carbocycles. The molecule has 0 amide bonds. The largest absolute Gasteiger partial charge is 0.285 e. The maximum absolute atomic E-state index is 11.1.